The summed E-state index contributed by atoms with van der Waals surface area (Å²) in [7, 11) is 0. The van der Waals surface area contributed by atoms with Gasteiger partial charge in [-0.2, -0.15) is 0 Å². The van der Waals surface area contributed by atoms with Crippen LogP contribution in [0.1, 0.15) is 18.2 Å². The monoisotopic (exact) mass is 365 g/mol. The minimum absolute atomic E-state index is 0.155. The SMILES string of the molecule is CC(N)Cc1ccc(OCc2cn3ccsc3n2)c(Br)c1. The molecule has 2 N–H and O–H groups in total. The van der Waals surface area contributed by atoms with E-state index >= 15 is 0 Å². The van der Waals surface area contributed by atoms with Crippen molar-refractivity contribution in [3.8, 4) is 5.75 Å². The van der Waals surface area contributed by atoms with Crippen molar-refractivity contribution in [2.24, 2.45) is 5.73 Å². The molecule has 0 spiro atoms. The van der Waals surface area contributed by atoms with Gasteiger partial charge >= 0.3 is 0 Å². The molecule has 0 bridgehead atoms. The van der Waals surface area contributed by atoms with Crippen LogP contribution in [0, 0.1) is 0 Å². The molecular formula is C15H16BrN3OS. The number of aromatic nitrogens is 2. The average Bonchev–Trinajstić information content (AvgIpc) is 2.97. The number of imidazole rings is 1. The van der Waals surface area contributed by atoms with E-state index in [1.165, 1.54) is 5.56 Å². The summed E-state index contributed by atoms with van der Waals surface area (Å²) in [6.07, 6.45) is 4.84. The zero-order chi connectivity index (χ0) is 14.8. The predicted octanol–water partition coefficient (Wildman–Crippen LogP) is 3.63. The molecule has 0 saturated heterocycles. The van der Waals surface area contributed by atoms with E-state index in [9.17, 15) is 0 Å². The minimum Gasteiger partial charge on any atom is -0.486 e. The predicted molar refractivity (Wildman–Crippen MR) is 88.9 cm³/mol. The van der Waals surface area contributed by atoms with Gasteiger partial charge in [0.05, 0.1) is 10.2 Å². The smallest absolute Gasteiger partial charge is 0.193 e. The molecule has 0 radical (unpaired) electrons. The lowest BCUT2D eigenvalue weighted by Gasteiger charge is -2.10. The molecule has 0 aliphatic carbocycles. The largest absolute Gasteiger partial charge is 0.486 e. The Morgan fingerprint density at radius 2 is 2.33 bits per heavy atom. The van der Waals surface area contributed by atoms with Crippen LogP contribution >= 0.6 is 27.3 Å². The molecule has 0 amide bonds. The highest BCUT2D eigenvalue weighted by atomic mass is 79.9. The van der Waals surface area contributed by atoms with Crippen LogP contribution in [-0.2, 0) is 13.0 Å². The summed E-state index contributed by atoms with van der Waals surface area (Å²) in [5.41, 5.74) is 7.94. The van der Waals surface area contributed by atoms with Crippen LogP contribution < -0.4 is 10.5 Å². The normalized spacial score (nSPS) is 12.7. The maximum atomic E-state index is 5.83. The van der Waals surface area contributed by atoms with Gasteiger partial charge in [-0.05, 0) is 47.0 Å². The molecule has 110 valence electrons. The number of nitrogens with two attached hydrogens (primary N) is 1. The van der Waals surface area contributed by atoms with Gasteiger partial charge in [0, 0.05) is 23.8 Å². The van der Waals surface area contributed by atoms with Gasteiger partial charge < -0.3 is 10.5 Å². The van der Waals surface area contributed by atoms with Gasteiger partial charge in [0.15, 0.2) is 4.96 Å². The molecule has 0 aliphatic heterocycles. The molecule has 1 unspecified atom stereocenters. The van der Waals surface area contributed by atoms with Gasteiger partial charge in [-0.3, -0.25) is 4.40 Å². The van der Waals surface area contributed by atoms with Gasteiger partial charge in [-0.15, -0.1) is 11.3 Å². The van der Waals surface area contributed by atoms with E-state index in [1.54, 1.807) is 11.3 Å². The number of benzene rings is 1. The highest BCUT2D eigenvalue weighted by molar-refractivity contribution is 9.10. The third kappa shape index (κ3) is 3.45. The molecule has 2 aromatic heterocycles. The number of nitrogens with zero attached hydrogens (tertiary/aromatic N) is 2. The van der Waals surface area contributed by atoms with E-state index in [0.29, 0.717) is 6.61 Å². The average molecular weight is 366 g/mol. The molecule has 2 heterocycles. The Hall–Kier alpha value is -1.37. The molecule has 1 atom stereocenters. The Bertz CT molecular complexity index is 722. The first-order valence-corrected chi connectivity index (χ1v) is 8.37. The second-order valence-corrected chi connectivity index (χ2v) is 6.79. The van der Waals surface area contributed by atoms with Gasteiger partial charge in [0.25, 0.3) is 0 Å². The summed E-state index contributed by atoms with van der Waals surface area (Å²) in [5, 5.41) is 2.01. The first-order chi connectivity index (χ1) is 10.1. The van der Waals surface area contributed by atoms with Crippen LogP contribution in [0.5, 0.6) is 5.75 Å². The van der Waals surface area contributed by atoms with E-state index < -0.39 is 0 Å². The third-order valence-corrected chi connectivity index (χ3v) is 4.46. The molecule has 21 heavy (non-hydrogen) atoms. The van der Waals surface area contributed by atoms with Gasteiger partial charge in [-0.1, -0.05) is 6.07 Å². The number of hydrogen-bond acceptors (Lipinski definition) is 4. The van der Waals surface area contributed by atoms with Crippen LogP contribution in [0.2, 0.25) is 0 Å². The van der Waals surface area contributed by atoms with Crippen molar-refractivity contribution in [1.29, 1.82) is 0 Å². The Balaban J connectivity index is 1.68. The van der Waals surface area contributed by atoms with E-state index in [2.05, 4.69) is 33.0 Å². The van der Waals surface area contributed by atoms with Crippen molar-refractivity contribution in [1.82, 2.24) is 9.38 Å². The molecule has 0 fully saturated rings. The summed E-state index contributed by atoms with van der Waals surface area (Å²) in [5.74, 6) is 0.819. The molecule has 6 heteroatoms. The van der Waals surface area contributed by atoms with Gasteiger partial charge in [-0.25, -0.2) is 4.98 Å². The summed E-state index contributed by atoms with van der Waals surface area (Å²) in [4.78, 5) is 5.49. The fraction of sp³-hybridized carbons (Fsp3) is 0.267. The number of hydrogen-bond donors (Lipinski definition) is 1. The van der Waals surface area contributed by atoms with Crippen molar-refractivity contribution in [2.75, 3.05) is 0 Å². The summed E-state index contributed by atoms with van der Waals surface area (Å²) in [6, 6.07) is 6.24. The molecule has 0 saturated carbocycles. The quantitative estimate of drug-likeness (QED) is 0.750. The van der Waals surface area contributed by atoms with Gasteiger partial charge in [0.2, 0.25) is 0 Å². The van der Waals surface area contributed by atoms with E-state index in [4.69, 9.17) is 10.5 Å². The van der Waals surface area contributed by atoms with Crippen molar-refractivity contribution in [3.05, 3.63) is 51.7 Å². The summed E-state index contributed by atoms with van der Waals surface area (Å²) >= 11 is 5.16. The first kappa shape index (κ1) is 14.6. The Labute approximate surface area is 135 Å². The minimum atomic E-state index is 0.155. The fourth-order valence-electron chi connectivity index (χ4n) is 2.16. The number of thiazole rings is 1. The van der Waals surface area contributed by atoms with Crippen LogP contribution in [0.3, 0.4) is 0 Å². The van der Waals surface area contributed by atoms with E-state index in [0.717, 1.165) is 27.3 Å². The van der Waals surface area contributed by atoms with Gasteiger partial charge in [0.1, 0.15) is 12.4 Å². The van der Waals surface area contributed by atoms with E-state index in [-0.39, 0.29) is 6.04 Å². The Morgan fingerprint density at radius 1 is 1.48 bits per heavy atom. The number of halogens is 1. The Morgan fingerprint density at radius 3 is 3.05 bits per heavy atom. The number of ether oxygens (including phenoxy) is 1. The first-order valence-electron chi connectivity index (χ1n) is 6.69. The van der Waals surface area contributed by atoms with Crippen molar-refractivity contribution < 1.29 is 4.74 Å². The van der Waals surface area contributed by atoms with Crippen LogP contribution in [-0.4, -0.2) is 15.4 Å². The molecular weight excluding hydrogens is 350 g/mol. The highest BCUT2D eigenvalue weighted by Crippen LogP contribution is 2.27. The van der Waals surface area contributed by atoms with Crippen LogP contribution in [0.15, 0.2) is 40.4 Å². The highest BCUT2D eigenvalue weighted by Gasteiger charge is 2.07. The topological polar surface area (TPSA) is 52.5 Å². The molecule has 0 aliphatic rings. The second-order valence-electron chi connectivity index (χ2n) is 5.06. The molecule has 1 aromatic carbocycles. The third-order valence-electron chi connectivity index (χ3n) is 3.07. The molecule has 3 rings (SSSR count). The lowest BCUT2D eigenvalue weighted by Crippen LogP contribution is -2.17. The lowest BCUT2D eigenvalue weighted by molar-refractivity contribution is 0.300. The Kier molecular flexibility index (Phi) is 4.28. The van der Waals surface area contributed by atoms with E-state index in [1.807, 2.05) is 35.2 Å². The number of fused-ring (bicyclic) bond motifs is 1. The maximum Gasteiger partial charge on any atom is 0.193 e. The zero-order valence-corrected chi connectivity index (χ0v) is 14.0. The van der Waals surface area contributed by atoms with Crippen LogP contribution in [0.4, 0.5) is 0 Å². The lowest BCUT2D eigenvalue weighted by atomic mass is 10.1. The fourth-order valence-corrected chi connectivity index (χ4v) is 3.42. The zero-order valence-electron chi connectivity index (χ0n) is 11.6. The summed E-state index contributed by atoms with van der Waals surface area (Å²) < 4.78 is 8.78. The molecule has 4 nitrogen and oxygen atoms in total. The summed E-state index contributed by atoms with van der Waals surface area (Å²) in [6.45, 7) is 2.46. The maximum absolute atomic E-state index is 5.83. The molecule has 3 aromatic rings. The standard InChI is InChI=1S/C15H16BrN3OS/c1-10(17)6-11-2-3-14(13(16)7-11)20-9-12-8-19-4-5-21-15(19)18-12/h2-5,7-8,10H,6,9,17H2,1H3. The van der Waals surface area contributed by atoms with Crippen LogP contribution in [0.25, 0.3) is 4.96 Å². The van der Waals surface area contributed by atoms with Crippen molar-refractivity contribution in [3.63, 3.8) is 0 Å². The van der Waals surface area contributed by atoms with Crippen molar-refractivity contribution in [2.45, 2.75) is 26.0 Å². The van der Waals surface area contributed by atoms with Crippen molar-refractivity contribution >= 4 is 32.2 Å². The second kappa shape index (κ2) is 6.17. The number of rotatable bonds is 5.